The van der Waals surface area contributed by atoms with Crippen molar-refractivity contribution in [3.8, 4) is 11.3 Å². The number of thiophene rings is 1. The summed E-state index contributed by atoms with van der Waals surface area (Å²) >= 11 is 1.37. The van der Waals surface area contributed by atoms with Gasteiger partial charge in [0.25, 0.3) is 0 Å². The molecule has 8 nitrogen and oxygen atoms in total. The lowest BCUT2D eigenvalue weighted by atomic mass is 9.83. The number of carboxylic acid groups (broad SMARTS) is 1. The van der Waals surface area contributed by atoms with Gasteiger partial charge in [-0.25, -0.2) is 9.78 Å². The van der Waals surface area contributed by atoms with E-state index in [0.29, 0.717) is 16.8 Å². The molecule has 4 aromatic rings. The predicted molar refractivity (Wildman–Crippen MR) is 196 cm³/mol. The Morgan fingerprint density at radius 1 is 0.979 bits per heavy atom. The number of piperidine rings is 1. The molecule has 3 aliphatic rings. The molecule has 252 valence electrons. The molecule has 7 rings (SSSR count). The van der Waals surface area contributed by atoms with Gasteiger partial charge in [-0.1, -0.05) is 45.2 Å². The molecule has 48 heavy (non-hydrogen) atoms. The Labute approximate surface area is 287 Å². The van der Waals surface area contributed by atoms with Crippen LogP contribution in [0, 0.1) is 0 Å². The van der Waals surface area contributed by atoms with Crippen LogP contribution in [0.2, 0.25) is 0 Å². The van der Waals surface area contributed by atoms with Crippen LogP contribution in [0.15, 0.2) is 47.1 Å². The van der Waals surface area contributed by atoms with Gasteiger partial charge in [-0.15, -0.1) is 11.3 Å². The number of carbonyl (C=O) groups excluding carboxylic acids is 1. The van der Waals surface area contributed by atoms with Gasteiger partial charge in [0.1, 0.15) is 11.4 Å². The second kappa shape index (κ2) is 13.6. The van der Waals surface area contributed by atoms with Crippen LogP contribution < -0.4 is 0 Å². The van der Waals surface area contributed by atoms with Crippen molar-refractivity contribution in [1.29, 1.82) is 0 Å². The predicted octanol–water partition coefficient (Wildman–Crippen LogP) is 8.59. The van der Waals surface area contributed by atoms with Crippen LogP contribution in [-0.2, 0) is 11.3 Å². The van der Waals surface area contributed by atoms with Gasteiger partial charge >= 0.3 is 5.97 Å². The largest absolute Gasteiger partial charge is 0.477 e. The van der Waals surface area contributed by atoms with Crippen molar-refractivity contribution in [2.24, 2.45) is 4.99 Å². The molecular weight excluding hydrogens is 619 g/mol. The summed E-state index contributed by atoms with van der Waals surface area (Å²) in [6, 6.07) is 13.0. The molecule has 2 aliphatic heterocycles. The number of aliphatic imine (C=N–C) groups is 1. The number of carbonyl (C=O) groups is 2. The summed E-state index contributed by atoms with van der Waals surface area (Å²) < 4.78 is 3.17. The number of rotatable bonds is 9. The fourth-order valence-corrected chi connectivity index (χ4v) is 9.57. The standard InChI is InChI=1S/C39H47N5O3S/c1-5-42(6-2)29-16-18-43(19-17-29)35(45)23-44-33-22-34(39(46)47)48-38(33)36(26-10-8-7-9-11-26)37(44)28-13-14-31-27(21-28)12-15-32(41-31)30-20-24(3)40-25(30)4/h12-15,21-22,26,29H,5-11,16-20,23H2,1-4H3,(H,46,47). The zero-order chi connectivity index (χ0) is 33.5. The Morgan fingerprint density at radius 3 is 2.40 bits per heavy atom. The number of amides is 1. The van der Waals surface area contributed by atoms with Gasteiger partial charge in [-0.3, -0.25) is 9.79 Å². The van der Waals surface area contributed by atoms with E-state index >= 15 is 0 Å². The van der Waals surface area contributed by atoms with Crippen molar-refractivity contribution in [3.05, 3.63) is 58.2 Å². The summed E-state index contributed by atoms with van der Waals surface area (Å²) in [5.74, 6) is -0.479. The van der Waals surface area contributed by atoms with Crippen molar-refractivity contribution in [2.75, 3.05) is 26.2 Å². The fraction of sp³-hybridized carbons (Fsp3) is 0.487. The number of likely N-dealkylation sites (tertiary alicyclic amines) is 1. The maximum atomic E-state index is 14.1. The molecule has 0 radical (unpaired) electrons. The highest BCUT2D eigenvalue weighted by Gasteiger charge is 2.32. The molecule has 1 amide bonds. The Kier molecular flexibility index (Phi) is 9.26. The van der Waals surface area contributed by atoms with E-state index in [9.17, 15) is 14.7 Å². The number of benzene rings is 1. The van der Waals surface area contributed by atoms with E-state index in [1.165, 1.54) is 28.9 Å². The molecule has 1 saturated heterocycles. The molecule has 2 fully saturated rings. The summed E-state index contributed by atoms with van der Waals surface area (Å²) in [6.07, 6.45) is 8.51. The Balaban J connectivity index is 1.30. The van der Waals surface area contributed by atoms with Crippen LogP contribution in [0.25, 0.3) is 38.0 Å². The number of carboxylic acids is 1. The summed E-state index contributed by atoms with van der Waals surface area (Å²) in [4.78, 5) is 40.9. The molecule has 9 heteroatoms. The van der Waals surface area contributed by atoms with Crippen molar-refractivity contribution < 1.29 is 14.7 Å². The van der Waals surface area contributed by atoms with Crippen LogP contribution in [0.5, 0.6) is 0 Å². The van der Waals surface area contributed by atoms with E-state index in [-0.39, 0.29) is 12.5 Å². The first-order chi connectivity index (χ1) is 23.2. The van der Waals surface area contributed by atoms with Gasteiger partial charge in [-0.2, -0.15) is 0 Å². The van der Waals surface area contributed by atoms with E-state index in [1.54, 1.807) is 6.07 Å². The third-order valence-electron chi connectivity index (χ3n) is 10.9. The second-order valence-electron chi connectivity index (χ2n) is 13.8. The van der Waals surface area contributed by atoms with Gasteiger partial charge in [0.15, 0.2) is 0 Å². The van der Waals surface area contributed by atoms with Crippen LogP contribution >= 0.6 is 11.3 Å². The van der Waals surface area contributed by atoms with Crippen molar-refractivity contribution >= 4 is 55.6 Å². The number of pyridine rings is 1. The minimum absolute atomic E-state index is 0.106. The van der Waals surface area contributed by atoms with Gasteiger partial charge in [0.05, 0.1) is 27.1 Å². The van der Waals surface area contributed by atoms with Crippen molar-refractivity contribution in [1.82, 2.24) is 19.4 Å². The SMILES string of the molecule is CCN(CC)C1CCN(C(=O)Cn2c(-c3ccc4nc(C5=C(C)N=C(C)C5)ccc4c3)c(C3CCCCC3)c3sc(C(=O)O)cc32)CC1. The highest BCUT2D eigenvalue weighted by molar-refractivity contribution is 7.21. The lowest BCUT2D eigenvalue weighted by Crippen LogP contribution is -2.47. The van der Waals surface area contributed by atoms with Gasteiger partial charge in [0, 0.05) is 47.9 Å². The topological polar surface area (TPSA) is 91.0 Å². The van der Waals surface area contributed by atoms with Gasteiger partial charge in [0.2, 0.25) is 5.91 Å². The summed E-state index contributed by atoms with van der Waals surface area (Å²) in [7, 11) is 0. The zero-order valence-electron chi connectivity index (χ0n) is 28.7. The van der Waals surface area contributed by atoms with E-state index < -0.39 is 5.97 Å². The minimum atomic E-state index is -0.913. The molecule has 5 heterocycles. The smallest absolute Gasteiger partial charge is 0.345 e. The lowest BCUT2D eigenvalue weighted by molar-refractivity contribution is -0.133. The Hall–Kier alpha value is -3.82. The average molecular weight is 666 g/mol. The van der Waals surface area contributed by atoms with Crippen molar-refractivity contribution in [3.63, 3.8) is 0 Å². The van der Waals surface area contributed by atoms with Gasteiger partial charge < -0.3 is 19.5 Å². The highest BCUT2D eigenvalue weighted by atomic mass is 32.1. The second-order valence-corrected chi connectivity index (χ2v) is 14.9. The molecule has 1 aliphatic carbocycles. The first kappa shape index (κ1) is 32.7. The Bertz CT molecular complexity index is 1930. The number of hydrogen-bond donors (Lipinski definition) is 1. The van der Waals surface area contributed by atoms with E-state index in [0.717, 1.165) is 121 Å². The molecule has 0 unspecified atom stereocenters. The molecule has 1 N–H and O–H groups in total. The number of hydrogen-bond acceptors (Lipinski definition) is 6. The average Bonchev–Trinajstić information content (AvgIpc) is 3.77. The minimum Gasteiger partial charge on any atom is -0.477 e. The number of nitrogens with zero attached hydrogens (tertiary/aromatic N) is 5. The first-order valence-electron chi connectivity index (χ1n) is 17.8. The quantitative estimate of drug-likeness (QED) is 0.193. The zero-order valence-corrected chi connectivity index (χ0v) is 29.5. The molecule has 0 bridgehead atoms. The Morgan fingerprint density at radius 2 is 1.73 bits per heavy atom. The fourth-order valence-electron chi connectivity index (χ4n) is 8.45. The monoisotopic (exact) mass is 665 g/mol. The molecule has 1 aromatic carbocycles. The number of aromatic nitrogens is 2. The summed E-state index contributed by atoms with van der Waals surface area (Å²) in [5.41, 5.74) is 9.44. The third-order valence-corrected chi connectivity index (χ3v) is 12.1. The molecular formula is C39H47N5O3S. The molecule has 0 spiro atoms. The maximum absolute atomic E-state index is 14.1. The van der Waals surface area contributed by atoms with Crippen LogP contribution in [0.1, 0.15) is 106 Å². The maximum Gasteiger partial charge on any atom is 0.345 e. The van der Waals surface area contributed by atoms with Crippen LogP contribution in [0.3, 0.4) is 0 Å². The first-order valence-corrected chi connectivity index (χ1v) is 18.6. The molecule has 1 saturated carbocycles. The van der Waals surface area contributed by atoms with Crippen molar-refractivity contribution in [2.45, 2.75) is 97.6 Å². The third kappa shape index (κ3) is 6.11. The number of aromatic carboxylic acids is 1. The van der Waals surface area contributed by atoms with E-state index in [2.05, 4.69) is 72.5 Å². The molecule has 3 aromatic heterocycles. The summed E-state index contributed by atoms with van der Waals surface area (Å²) in [5, 5.41) is 11.1. The number of allylic oxidation sites excluding steroid dienone is 2. The van der Waals surface area contributed by atoms with E-state index in [1.807, 2.05) is 4.90 Å². The normalized spacial score (nSPS) is 18.1. The van der Waals surface area contributed by atoms with Crippen LogP contribution in [-0.4, -0.2) is 74.3 Å². The van der Waals surface area contributed by atoms with E-state index in [4.69, 9.17) is 4.98 Å². The van der Waals surface area contributed by atoms with Gasteiger partial charge in [-0.05, 0) is 93.9 Å². The van der Waals surface area contributed by atoms with Crippen LogP contribution in [0.4, 0.5) is 0 Å². The number of fused-ring (bicyclic) bond motifs is 2. The lowest BCUT2D eigenvalue weighted by Gasteiger charge is -2.37. The summed E-state index contributed by atoms with van der Waals surface area (Å²) in [6.45, 7) is 12.3. The highest BCUT2D eigenvalue weighted by Crippen LogP contribution is 2.47. The molecule has 0 atom stereocenters.